The summed E-state index contributed by atoms with van der Waals surface area (Å²) in [6, 6.07) is 12.3. The zero-order valence-corrected chi connectivity index (χ0v) is 19.0. The lowest BCUT2D eigenvalue weighted by molar-refractivity contribution is -0.135. The van der Waals surface area contributed by atoms with Crippen LogP contribution in [0.2, 0.25) is 0 Å². The molecule has 1 aromatic carbocycles. The molecular weight excluding hydrogens is 421 g/mol. The molecule has 0 bridgehead atoms. The Labute approximate surface area is 192 Å². The van der Waals surface area contributed by atoms with Crippen LogP contribution in [0.25, 0.3) is 22.3 Å². The topological polar surface area (TPSA) is 89.8 Å². The van der Waals surface area contributed by atoms with E-state index >= 15 is 0 Å². The van der Waals surface area contributed by atoms with Crippen molar-refractivity contribution in [3.63, 3.8) is 0 Å². The van der Waals surface area contributed by atoms with Gasteiger partial charge in [0.15, 0.2) is 17.0 Å². The van der Waals surface area contributed by atoms with E-state index in [1.165, 1.54) is 0 Å². The Kier molecular flexibility index (Phi) is 7.09. The number of aromatic nitrogens is 5. The minimum Gasteiger partial charge on any atom is -0.364 e. The number of pyridine rings is 1. The van der Waals surface area contributed by atoms with Crippen molar-refractivity contribution in [3.8, 4) is 11.1 Å². The maximum atomic E-state index is 12.4. The fourth-order valence-corrected chi connectivity index (χ4v) is 3.55. The smallest absolute Gasteiger partial charge is 0.227 e. The molecule has 0 aliphatic carbocycles. The van der Waals surface area contributed by atoms with Crippen molar-refractivity contribution in [2.24, 2.45) is 0 Å². The van der Waals surface area contributed by atoms with Gasteiger partial charge in [0.25, 0.3) is 0 Å². The standard InChI is InChI=1S/C24H28FN7O/c1-4-20(14-33-25)29-24-30-22(21-23(31-24)32(15-28-21)16(2)3)27-13-17-5-7-18(8-6-17)19-9-11-26-12-10-19/h5-12,15-16,20H,4,13-14H2,1-3H3,(H2,27,29,30,31)/t20-/m1/s1. The number of hydrogen-bond acceptors (Lipinski definition) is 7. The van der Waals surface area contributed by atoms with Gasteiger partial charge < -0.3 is 15.2 Å². The third-order valence-electron chi connectivity index (χ3n) is 5.50. The summed E-state index contributed by atoms with van der Waals surface area (Å²) in [6.07, 6.45) is 6.01. The van der Waals surface area contributed by atoms with Crippen LogP contribution in [-0.2, 0) is 11.5 Å². The highest BCUT2D eigenvalue weighted by atomic mass is 19.3. The number of hydrogen-bond donors (Lipinski definition) is 2. The van der Waals surface area contributed by atoms with E-state index in [-0.39, 0.29) is 18.7 Å². The first-order chi connectivity index (χ1) is 16.1. The van der Waals surface area contributed by atoms with E-state index in [9.17, 15) is 4.53 Å². The zero-order chi connectivity index (χ0) is 23.2. The average molecular weight is 450 g/mol. The lowest BCUT2D eigenvalue weighted by atomic mass is 10.1. The second-order valence-electron chi connectivity index (χ2n) is 8.13. The average Bonchev–Trinajstić information content (AvgIpc) is 3.27. The molecule has 0 aliphatic rings. The molecule has 3 aromatic heterocycles. The van der Waals surface area contributed by atoms with E-state index in [4.69, 9.17) is 0 Å². The van der Waals surface area contributed by atoms with Crippen LogP contribution in [0.4, 0.5) is 16.3 Å². The molecule has 172 valence electrons. The van der Waals surface area contributed by atoms with E-state index in [1.54, 1.807) is 18.7 Å². The van der Waals surface area contributed by atoms with Crippen molar-refractivity contribution >= 4 is 22.9 Å². The highest BCUT2D eigenvalue weighted by Crippen LogP contribution is 2.25. The fraction of sp³-hybridized carbons (Fsp3) is 0.333. The van der Waals surface area contributed by atoms with E-state index in [0.717, 1.165) is 16.7 Å². The molecule has 1 atom stereocenters. The molecule has 0 amide bonds. The molecule has 2 N–H and O–H groups in total. The molecule has 0 spiro atoms. The van der Waals surface area contributed by atoms with Crippen molar-refractivity contribution in [2.45, 2.75) is 45.8 Å². The van der Waals surface area contributed by atoms with Gasteiger partial charge in [0.1, 0.15) is 6.61 Å². The number of rotatable bonds is 10. The summed E-state index contributed by atoms with van der Waals surface area (Å²) < 4.78 is 14.4. The van der Waals surface area contributed by atoms with Gasteiger partial charge in [-0.15, -0.1) is 0 Å². The van der Waals surface area contributed by atoms with Crippen LogP contribution in [-0.4, -0.2) is 37.2 Å². The van der Waals surface area contributed by atoms with E-state index < -0.39 is 0 Å². The molecule has 9 heteroatoms. The van der Waals surface area contributed by atoms with Gasteiger partial charge in [-0.3, -0.25) is 4.98 Å². The van der Waals surface area contributed by atoms with Crippen LogP contribution in [0, 0.1) is 0 Å². The monoisotopic (exact) mass is 449 g/mol. The van der Waals surface area contributed by atoms with Crippen LogP contribution in [0.1, 0.15) is 38.8 Å². The third kappa shape index (κ3) is 5.25. The normalized spacial score (nSPS) is 12.3. The quantitative estimate of drug-likeness (QED) is 0.345. The van der Waals surface area contributed by atoms with E-state index in [2.05, 4.69) is 73.6 Å². The Balaban J connectivity index is 1.58. The van der Waals surface area contributed by atoms with E-state index in [0.29, 0.717) is 35.9 Å². The van der Waals surface area contributed by atoms with Gasteiger partial charge in [0.05, 0.1) is 12.4 Å². The van der Waals surface area contributed by atoms with Gasteiger partial charge in [-0.05, 0) is 53.6 Å². The largest absolute Gasteiger partial charge is 0.364 e. The Morgan fingerprint density at radius 2 is 1.76 bits per heavy atom. The molecule has 4 aromatic rings. The lowest BCUT2D eigenvalue weighted by Crippen LogP contribution is -2.25. The van der Waals surface area contributed by atoms with Gasteiger partial charge in [0, 0.05) is 25.0 Å². The highest BCUT2D eigenvalue weighted by Gasteiger charge is 2.17. The van der Waals surface area contributed by atoms with Gasteiger partial charge in [-0.2, -0.15) is 14.9 Å². The molecule has 0 fully saturated rings. The molecule has 33 heavy (non-hydrogen) atoms. The predicted octanol–water partition coefficient (Wildman–Crippen LogP) is 5.17. The summed E-state index contributed by atoms with van der Waals surface area (Å²) in [5, 5.41) is 6.57. The summed E-state index contributed by atoms with van der Waals surface area (Å²) in [5.41, 5.74) is 4.77. The second-order valence-corrected chi connectivity index (χ2v) is 8.13. The molecule has 8 nitrogen and oxygen atoms in total. The number of nitrogens with one attached hydrogen (secondary N) is 2. The Morgan fingerprint density at radius 3 is 2.42 bits per heavy atom. The number of halogens is 1. The van der Waals surface area contributed by atoms with Gasteiger partial charge >= 0.3 is 0 Å². The second kappa shape index (κ2) is 10.4. The summed E-state index contributed by atoms with van der Waals surface area (Å²) in [6.45, 7) is 6.58. The fourth-order valence-electron chi connectivity index (χ4n) is 3.55. The Hall–Kier alpha value is -3.59. The summed E-state index contributed by atoms with van der Waals surface area (Å²) in [5.74, 6) is 1.03. The molecule has 3 heterocycles. The molecule has 0 unspecified atom stereocenters. The third-order valence-corrected chi connectivity index (χ3v) is 5.50. The predicted molar refractivity (Wildman–Crippen MR) is 127 cm³/mol. The summed E-state index contributed by atoms with van der Waals surface area (Å²) in [7, 11) is 0. The highest BCUT2D eigenvalue weighted by molar-refractivity contribution is 5.84. The van der Waals surface area contributed by atoms with Gasteiger partial charge in [-0.25, -0.2) is 4.98 Å². The number of fused-ring (bicyclic) bond motifs is 1. The molecule has 0 saturated carbocycles. The maximum absolute atomic E-state index is 12.4. The first kappa shape index (κ1) is 22.6. The SMILES string of the molecule is CC[C@H](COF)Nc1nc(NCc2ccc(-c3ccncc3)cc2)c2ncn(C(C)C)c2n1. The molecular formula is C24H28FN7O. The minimum absolute atomic E-state index is 0.0755. The number of anilines is 2. The van der Waals surface area contributed by atoms with Crippen molar-refractivity contribution in [1.29, 1.82) is 0 Å². The zero-order valence-electron chi connectivity index (χ0n) is 19.0. The number of benzene rings is 1. The lowest BCUT2D eigenvalue weighted by Gasteiger charge is -2.16. The Bertz CT molecular complexity index is 1180. The van der Waals surface area contributed by atoms with Crippen LogP contribution in [0.15, 0.2) is 55.1 Å². The van der Waals surface area contributed by atoms with Crippen molar-refractivity contribution in [2.75, 3.05) is 17.2 Å². The summed E-state index contributed by atoms with van der Waals surface area (Å²) in [4.78, 5) is 21.7. The van der Waals surface area contributed by atoms with Crippen molar-refractivity contribution in [3.05, 3.63) is 60.7 Å². The number of imidazole rings is 1. The van der Waals surface area contributed by atoms with Crippen LogP contribution in [0.5, 0.6) is 0 Å². The summed E-state index contributed by atoms with van der Waals surface area (Å²) >= 11 is 0. The number of nitrogens with zero attached hydrogens (tertiary/aromatic N) is 5. The molecule has 0 aliphatic heterocycles. The maximum Gasteiger partial charge on any atom is 0.227 e. The van der Waals surface area contributed by atoms with Crippen molar-refractivity contribution < 1.29 is 9.47 Å². The first-order valence-corrected chi connectivity index (χ1v) is 11.1. The van der Waals surface area contributed by atoms with E-state index in [1.807, 2.05) is 23.6 Å². The Morgan fingerprint density at radius 1 is 1.03 bits per heavy atom. The molecule has 4 rings (SSSR count). The van der Waals surface area contributed by atoms with Crippen LogP contribution >= 0.6 is 0 Å². The van der Waals surface area contributed by atoms with Gasteiger partial charge in [-0.1, -0.05) is 31.2 Å². The molecule has 0 radical (unpaired) electrons. The molecule has 0 saturated heterocycles. The van der Waals surface area contributed by atoms with Crippen molar-refractivity contribution in [1.82, 2.24) is 24.5 Å². The van der Waals surface area contributed by atoms with Crippen LogP contribution in [0.3, 0.4) is 0 Å². The minimum atomic E-state index is -0.239. The van der Waals surface area contributed by atoms with Crippen LogP contribution < -0.4 is 10.6 Å². The van der Waals surface area contributed by atoms with Gasteiger partial charge in [0.2, 0.25) is 5.95 Å². The first-order valence-electron chi connectivity index (χ1n) is 11.1.